The molecule has 1 unspecified atom stereocenters. The molecule has 1 aliphatic rings. The smallest absolute Gasteiger partial charge is 0.167 e. The number of rotatable bonds is 4. The summed E-state index contributed by atoms with van der Waals surface area (Å²) < 4.78 is 6.92. The van der Waals surface area contributed by atoms with Crippen LogP contribution < -0.4 is 4.74 Å². The zero-order valence-corrected chi connectivity index (χ0v) is 20.9. The minimum Gasteiger partial charge on any atom is -0.511 e. The second-order valence-corrected chi connectivity index (χ2v) is 10.0. The Hall–Kier alpha value is -1.78. The van der Waals surface area contributed by atoms with E-state index in [-0.39, 0.29) is 23.4 Å². The first kappa shape index (κ1) is 23.9. The van der Waals surface area contributed by atoms with Gasteiger partial charge in [-0.25, -0.2) is 0 Å². The maximum Gasteiger partial charge on any atom is 0.167 e. The van der Waals surface area contributed by atoms with Gasteiger partial charge in [-0.15, -0.1) is 0 Å². The van der Waals surface area contributed by atoms with Gasteiger partial charge in [-0.05, 0) is 72.6 Å². The average molecular weight is 506 g/mol. The van der Waals surface area contributed by atoms with Crippen LogP contribution >= 0.6 is 27.5 Å². The summed E-state index contributed by atoms with van der Waals surface area (Å²) in [6, 6.07) is 11.2. The lowest BCUT2D eigenvalue weighted by Gasteiger charge is -2.22. The summed E-state index contributed by atoms with van der Waals surface area (Å²) in [4.78, 5) is 13.3. The molecule has 2 aromatic carbocycles. The van der Waals surface area contributed by atoms with E-state index in [4.69, 9.17) is 16.3 Å². The lowest BCUT2D eigenvalue weighted by molar-refractivity contribution is -0.114. The van der Waals surface area contributed by atoms with E-state index >= 15 is 0 Å². The van der Waals surface area contributed by atoms with E-state index in [9.17, 15) is 9.90 Å². The molecule has 1 aliphatic carbocycles. The highest BCUT2D eigenvalue weighted by atomic mass is 79.9. The lowest BCUT2D eigenvalue weighted by atomic mass is 9.85. The van der Waals surface area contributed by atoms with Gasteiger partial charge in [0.15, 0.2) is 5.78 Å². The Labute approximate surface area is 198 Å². The van der Waals surface area contributed by atoms with Crippen LogP contribution in [-0.4, -0.2) is 10.9 Å². The summed E-state index contributed by atoms with van der Waals surface area (Å²) in [5.74, 6) is 1.82. The van der Waals surface area contributed by atoms with Gasteiger partial charge in [0.2, 0.25) is 0 Å². The molecule has 0 radical (unpaired) electrons. The standard InChI is InChI=1S/C26H30BrClO3/c1-5-18-8-10-20(31-24-11-9-19(27)13-22(24)28)14-21(18)25-23(29)12-15(2)6-7-16(3)17(4)26(25)30/h8-11,13-17,30H,5-7,12H2,1-4H3/b26-25+/t15-,16+,17?/m1/s1. The number of aliphatic hydroxyl groups excluding tert-OH is 1. The normalized spacial score (nSPS) is 25.0. The molecule has 3 nitrogen and oxygen atoms in total. The number of halogens is 2. The van der Waals surface area contributed by atoms with Gasteiger partial charge in [-0.2, -0.15) is 0 Å². The van der Waals surface area contributed by atoms with Gasteiger partial charge >= 0.3 is 0 Å². The van der Waals surface area contributed by atoms with E-state index in [0.29, 0.717) is 34.4 Å². The van der Waals surface area contributed by atoms with Crippen LogP contribution in [0, 0.1) is 17.8 Å². The summed E-state index contributed by atoms with van der Waals surface area (Å²) in [6.07, 6.45) is 3.17. The van der Waals surface area contributed by atoms with Gasteiger partial charge in [-0.1, -0.05) is 61.3 Å². The first-order valence-electron chi connectivity index (χ1n) is 10.9. The third kappa shape index (κ3) is 5.53. The number of carbonyl (C=O) groups is 1. The number of benzene rings is 2. The zero-order chi connectivity index (χ0) is 22.7. The Morgan fingerprint density at radius 1 is 1.13 bits per heavy atom. The second kappa shape index (κ2) is 10.2. The Bertz CT molecular complexity index is 998. The second-order valence-electron chi connectivity index (χ2n) is 8.69. The van der Waals surface area contributed by atoms with Crippen LogP contribution in [0.25, 0.3) is 5.57 Å². The molecule has 0 saturated carbocycles. The van der Waals surface area contributed by atoms with Crippen LogP contribution in [-0.2, 0) is 11.2 Å². The lowest BCUT2D eigenvalue weighted by Crippen LogP contribution is -2.15. The molecule has 3 atom stereocenters. The number of hydrogen-bond acceptors (Lipinski definition) is 3. The fourth-order valence-electron chi connectivity index (χ4n) is 4.09. The highest BCUT2D eigenvalue weighted by Gasteiger charge is 2.29. The molecule has 1 N–H and O–H groups in total. The Morgan fingerprint density at radius 2 is 1.87 bits per heavy atom. The Morgan fingerprint density at radius 3 is 2.55 bits per heavy atom. The van der Waals surface area contributed by atoms with Gasteiger partial charge < -0.3 is 9.84 Å². The molecule has 2 aromatic rings. The molecule has 5 heteroatoms. The molecule has 0 amide bonds. The van der Waals surface area contributed by atoms with Crippen LogP contribution in [0.5, 0.6) is 11.5 Å². The molecule has 0 fully saturated rings. The molecule has 3 rings (SSSR count). The Kier molecular flexibility index (Phi) is 7.87. The van der Waals surface area contributed by atoms with Crippen molar-refractivity contribution in [2.24, 2.45) is 17.8 Å². The third-order valence-electron chi connectivity index (χ3n) is 6.32. The van der Waals surface area contributed by atoms with Gasteiger partial charge in [0.25, 0.3) is 0 Å². The molecule has 0 aliphatic heterocycles. The summed E-state index contributed by atoms with van der Waals surface area (Å²) in [5, 5.41) is 11.7. The number of Topliss-reactive ketones (excluding diaryl/α,β-unsaturated/α-hetero) is 1. The van der Waals surface area contributed by atoms with E-state index in [1.807, 2.05) is 31.2 Å². The number of allylic oxidation sites excluding steroid dienone is 2. The summed E-state index contributed by atoms with van der Waals surface area (Å²) in [6.45, 7) is 8.33. The monoisotopic (exact) mass is 504 g/mol. The largest absolute Gasteiger partial charge is 0.511 e. The highest BCUT2D eigenvalue weighted by molar-refractivity contribution is 9.10. The number of hydrogen-bond donors (Lipinski definition) is 1. The number of carbonyl (C=O) groups excluding carboxylic acids is 1. The van der Waals surface area contributed by atoms with E-state index in [2.05, 4.69) is 36.7 Å². The number of aliphatic hydroxyl groups is 1. The summed E-state index contributed by atoms with van der Waals surface area (Å²) in [7, 11) is 0. The minimum atomic E-state index is -0.0838. The van der Waals surface area contributed by atoms with Crippen LogP contribution in [0.4, 0.5) is 0 Å². The molecule has 31 heavy (non-hydrogen) atoms. The summed E-state index contributed by atoms with van der Waals surface area (Å²) in [5.41, 5.74) is 2.21. The molecule has 0 aromatic heterocycles. The SMILES string of the molecule is CCc1ccc(Oc2ccc(Br)cc2Cl)cc1/C1=C(\O)C(C)[C@@H](C)CC[C@@H](C)CC1=O. The molecule has 0 heterocycles. The molecular weight excluding hydrogens is 476 g/mol. The van der Waals surface area contributed by atoms with Gasteiger partial charge in [-0.3, -0.25) is 4.79 Å². The highest BCUT2D eigenvalue weighted by Crippen LogP contribution is 2.38. The molecule has 166 valence electrons. The van der Waals surface area contributed by atoms with Gasteiger partial charge in [0.05, 0.1) is 10.6 Å². The molecule has 0 saturated heterocycles. The molecular formula is C26H30BrClO3. The Balaban J connectivity index is 2.10. The maximum absolute atomic E-state index is 13.3. The van der Waals surface area contributed by atoms with Crippen LogP contribution in [0.15, 0.2) is 46.6 Å². The van der Waals surface area contributed by atoms with Crippen molar-refractivity contribution >= 4 is 38.9 Å². The van der Waals surface area contributed by atoms with Crippen LogP contribution in [0.3, 0.4) is 0 Å². The first-order valence-corrected chi connectivity index (χ1v) is 12.1. The van der Waals surface area contributed by atoms with Crippen molar-refractivity contribution in [2.45, 2.75) is 53.4 Å². The van der Waals surface area contributed by atoms with Gasteiger partial charge in [0, 0.05) is 16.8 Å². The fourth-order valence-corrected chi connectivity index (χ4v) is 4.80. The number of ketones is 1. The van der Waals surface area contributed by atoms with Crippen molar-refractivity contribution < 1.29 is 14.6 Å². The topological polar surface area (TPSA) is 46.5 Å². The van der Waals surface area contributed by atoms with Crippen LogP contribution in [0.1, 0.15) is 58.1 Å². The minimum absolute atomic E-state index is 0.000487. The van der Waals surface area contributed by atoms with E-state index in [0.717, 1.165) is 34.9 Å². The van der Waals surface area contributed by atoms with Crippen molar-refractivity contribution in [2.75, 3.05) is 0 Å². The zero-order valence-electron chi connectivity index (χ0n) is 18.5. The number of aryl methyl sites for hydroxylation is 1. The van der Waals surface area contributed by atoms with E-state index < -0.39 is 0 Å². The maximum atomic E-state index is 13.3. The van der Waals surface area contributed by atoms with Crippen molar-refractivity contribution in [3.8, 4) is 11.5 Å². The van der Waals surface area contributed by atoms with E-state index in [1.54, 1.807) is 12.1 Å². The third-order valence-corrected chi connectivity index (χ3v) is 7.11. The van der Waals surface area contributed by atoms with Crippen LogP contribution in [0.2, 0.25) is 5.02 Å². The van der Waals surface area contributed by atoms with E-state index in [1.165, 1.54) is 0 Å². The van der Waals surface area contributed by atoms with Crippen molar-refractivity contribution in [3.63, 3.8) is 0 Å². The van der Waals surface area contributed by atoms with Crippen molar-refractivity contribution in [1.82, 2.24) is 0 Å². The van der Waals surface area contributed by atoms with Gasteiger partial charge in [0.1, 0.15) is 17.3 Å². The average Bonchev–Trinajstić information content (AvgIpc) is 2.76. The molecule has 0 bridgehead atoms. The predicted octanol–water partition coefficient (Wildman–Crippen LogP) is 8.39. The molecule has 0 spiro atoms. The first-order chi connectivity index (χ1) is 14.7. The van der Waals surface area contributed by atoms with Crippen molar-refractivity contribution in [1.29, 1.82) is 0 Å². The fraction of sp³-hybridized carbons (Fsp3) is 0.423. The summed E-state index contributed by atoms with van der Waals surface area (Å²) >= 11 is 9.72. The quantitative estimate of drug-likeness (QED) is 0.454. The van der Waals surface area contributed by atoms with Crippen molar-refractivity contribution in [3.05, 3.63) is 62.8 Å². The predicted molar refractivity (Wildman–Crippen MR) is 131 cm³/mol. The number of ether oxygens (including phenoxy) is 1.